The van der Waals surface area contributed by atoms with Gasteiger partial charge in [-0.3, -0.25) is 4.79 Å². The van der Waals surface area contributed by atoms with Crippen molar-refractivity contribution in [3.05, 3.63) is 69.8 Å². The number of anilines is 1. The summed E-state index contributed by atoms with van der Waals surface area (Å²) in [7, 11) is 0. The van der Waals surface area contributed by atoms with E-state index in [1.54, 1.807) is 39.8 Å². The van der Waals surface area contributed by atoms with Crippen molar-refractivity contribution in [1.29, 1.82) is 0 Å². The maximum Gasteiger partial charge on any atom is 0.236 e. The van der Waals surface area contributed by atoms with Gasteiger partial charge in [0.05, 0.1) is 33.4 Å². The molecule has 0 aliphatic rings. The Bertz CT molecular complexity index is 1250. The van der Waals surface area contributed by atoms with Crippen LogP contribution in [0.2, 0.25) is 10.0 Å². The van der Waals surface area contributed by atoms with Crippen molar-refractivity contribution in [3.63, 3.8) is 0 Å². The van der Waals surface area contributed by atoms with E-state index in [0.717, 1.165) is 16.8 Å². The number of aromatic nitrogens is 6. The quantitative estimate of drug-likeness (QED) is 0.414. The molecule has 0 fully saturated rings. The summed E-state index contributed by atoms with van der Waals surface area (Å²) in [5.74, 6) is 0.415. The van der Waals surface area contributed by atoms with Crippen molar-refractivity contribution in [3.8, 4) is 11.4 Å². The summed E-state index contributed by atoms with van der Waals surface area (Å²) in [6.45, 7) is 4.04. The van der Waals surface area contributed by atoms with Crippen molar-refractivity contribution in [2.45, 2.75) is 19.0 Å². The standard InChI is InChI=1S/C20H17Cl2N7OS/c1-12-4-3-5-17(13(12)2)29-20(25-26-27-29)31-11-19(30)24-18-8-9-23-28(18)14-6-7-15(21)16(22)10-14/h3-10H,11H2,1-2H3,(H,24,30). The van der Waals surface area contributed by atoms with Gasteiger partial charge in [0.1, 0.15) is 5.82 Å². The van der Waals surface area contributed by atoms with Crippen LogP contribution in [0.4, 0.5) is 5.82 Å². The fraction of sp³-hybridized carbons (Fsp3) is 0.150. The molecule has 0 atom stereocenters. The molecule has 4 aromatic rings. The summed E-state index contributed by atoms with van der Waals surface area (Å²) in [5.41, 5.74) is 3.77. The van der Waals surface area contributed by atoms with Crippen molar-refractivity contribution >= 4 is 46.7 Å². The molecule has 0 spiro atoms. The van der Waals surface area contributed by atoms with E-state index in [9.17, 15) is 4.79 Å². The third kappa shape index (κ3) is 4.58. The van der Waals surface area contributed by atoms with Gasteiger partial charge < -0.3 is 5.32 Å². The molecule has 0 aliphatic heterocycles. The molecule has 0 radical (unpaired) electrons. The molecule has 0 unspecified atom stereocenters. The first-order chi connectivity index (χ1) is 14.9. The number of amides is 1. The first kappa shape index (κ1) is 21.4. The van der Waals surface area contributed by atoms with Gasteiger partial charge >= 0.3 is 0 Å². The molecule has 11 heteroatoms. The molecule has 31 heavy (non-hydrogen) atoms. The number of aryl methyl sites for hydroxylation is 1. The monoisotopic (exact) mass is 473 g/mol. The molecule has 0 saturated heterocycles. The van der Waals surface area contributed by atoms with Crippen LogP contribution in [0, 0.1) is 13.8 Å². The highest BCUT2D eigenvalue weighted by Crippen LogP contribution is 2.26. The van der Waals surface area contributed by atoms with Gasteiger partial charge in [-0.2, -0.15) is 9.78 Å². The molecule has 0 saturated carbocycles. The number of tetrazole rings is 1. The number of nitrogens with zero attached hydrogens (tertiary/aromatic N) is 6. The van der Waals surface area contributed by atoms with Crippen molar-refractivity contribution in [2.24, 2.45) is 0 Å². The number of rotatable bonds is 6. The van der Waals surface area contributed by atoms with Crippen LogP contribution in [-0.2, 0) is 4.79 Å². The Kier molecular flexibility index (Phi) is 6.26. The molecule has 8 nitrogen and oxygen atoms in total. The molecule has 0 aliphatic carbocycles. The second-order valence-corrected chi connectivity index (χ2v) is 8.41. The van der Waals surface area contributed by atoms with Crippen LogP contribution < -0.4 is 5.32 Å². The van der Waals surface area contributed by atoms with E-state index in [1.807, 2.05) is 32.0 Å². The lowest BCUT2D eigenvalue weighted by molar-refractivity contribution is -0.113. The Balaban J connectivity index is 1.46. The summed E-state index contributed by atoms with van der Waals surface area (Å²) in [6, 6.07) is 12.7. The molecule has 1 N–H and O–H groups in total. The van der Waals surface area contributed by atoms with Gasteiger partial charge in [0.15, 0.2) is 0 Å². The molecular weight excluding hydrogens is 457 g/mol. The van der Waals surface area contributed by atoms with Gasteiger partial charge in [-0.1, -0.05) is 47.1 Å². The number of benzene rings is 2. The highest BCUT2D eigenvalue weighted by atomic mass is 35.5. The average molecular weight is 474 g/mol. The highest BCUT2D eigenvalue weighted by Gasteiger charge is 2.15. The Morgan fingerprint density at radius 1 is 1.10 bits per heavy atom. The van der Waals surface area contributed by atoms with Crippen LogP contribution in [0.1, 0.15) is 11.1 Å². The van der Waals surface area contributed by atoms with Gasteiger partial charge in [0.25, 0.3) is 0 Å². The lowest BCUT2D eigenvalue weighted by Gasteiger charge is -2.11. The number of carbonyl (C=O) groups is 1. The van der Waals surface area contributed by atoms with Crippen LogP contribution in [0.5, 0.6) is 0 Å². The van der Waals surface area contributed by atoms with Gasteiger partial charge in [0, 0.05) is 6.07 Å². The van der Waals surface area contributed by atoms with Crippen LogP contribution in [0.25, 0.3) is 11.4 Å². The molecule has 4 rings (SSSR count). The van der Waals surface area contributed by atoms with Crippen LogP contribution >= 0.6 is 35.0 Å². The molecule has 1 amide bonds. The van der Waals surface area contributed by atoms with E-state index < -0.39 is 0 Å². The third-order valence-corrected chi connectivity index (χ3v) is 6.29. The number of carbonyl (C=O) groups excluding carboxylic acids is 1. The van der Waals surface area contributed by atoms with E-state index in [-0.39, 0.29) is 11.7 Å². The molecular formula is C20H17Cl2N7OS. The van der Waals surface area contributed by atoms with E-state index in [1.165, 1.54) is 11.8 Å². The van der Waals surface area contributed by atoms with Crippen LogP contribution in [0.15, 0.2) is 53.8 Å². The number of hydrogen-bond donors (Lipinski definition) is 1. The van der Waals surface area contributed by atoms with Gasteiger partial charge in [-0.15, -0.1) is 5.10 Å². The summed E-state index contributed by atoms with van der Waals surface area (Å²) in [4.78, 5) is 12.6. The molecule has 158 valence electrons. The van der Waals surface area contributed by atoms with Crippen molar-refractivity contribution in [2.75, 3.05) is 11.1 Å². The van der Waals surface area contributed by atoms with E-state index >= 15 is 0 Å². The minimum atomic E-state index is -0.220. The topological polar surface area (TPSA) is 90.5 Å². The Hall–Kier alpha value is -2.88. The summed E-state index contributed by atoms with van der Waals surface area (Å²) < 4.78 is 3.21. The zero-order chi connectivity index (χ0) is 22.0. The maximum absolute atomic E-state index is 12.6. The fourth-order valence-corrected chi connectivity index (χ4v) is 3.89. The maximum atomic E-state index is 12.6. The third-order valence-electron chi connectivity index (χ3n) is 4.64. The lowest BCUT2D eigenvalue weighted by Crippen LogP contribution is -2.17. The highest BCUT2D eigenvalue weighted by molar-refractivity contribution is 7.99. The molecule has 0 bridgehead atoms. The SMILES string of the molecule is Cc1cccc(-n2nnnc2SCC(=O)Nc2ccnn2-c2ccc(Cl)c(Cl)c2)c1C. The Morgan fingerprint density at radius 3 is 2.74 bits per heavy atom. The van der Waals surface area contributed by atoms with E-state index in [2.05, 4.69) is 25.9 Å². The van der Waals surface area contributed by atoms with Gasteiger partial charge in [-0.25, -0.2) is 4.68 Å². The summed E-state index contributed by atoms with van der Waals surface area (Å²) in [6.07, 6.45) is 1.59. The smallest absolute Gasteiger partial charge is 0.236 e. The fourth-order valence-electron chi connectivity index (χ4n) is 2.91. The Morgan fingerprint density at radius 2 is 1.94 bits per heavy atom. The first-order valence-corrected chi connectivity index (χ1v) is 11.0. The van der Waals surface area contributed by atoms with Gasteiger partial charge in [0.2, 0.25) is 11.1 Å². The number of thioether (sulfide) groups is 1. The van der Waals surface area contributed by atoms with E-state index in [4.69, 9.17) is 23.2 Å². The summed E-state index contributed by atoms with van der Waals surface area (Å²) in [5, 5.41) is 20.4. The second-order valence-electron chi connectivity index (χ2n) is 6.66. The van der Waals surface area contributed by atoms with Crippen molar-refractivity contribution in [1.82, 2.24) is 30.0 Å². The van der Waals surface area contributed by atoms with E-state index in [0.29, 0.717) is 26.7 Å². The molecule has 2 heterocycles. The minimum absolute atomic E-state index is 0.123. The van der Waals surface area contributed by atoms with Crippen LogP contribution in [-0.4, -0.2) is 41.6 Å². The normalized spacial score (nSPS) is 11.0. The molecule has 2 aromatic carbocycles. The number of hydrogen-bond acceptors (Lipinski definition) is 6. The van der Waals surface area contributed by atoms with Gasteiger partial charge in [-0.05, 0) is 59.7 Å². The molecule has 2 aromatic heterocycles. The first-order valence-electron chi connectivity index (χ1n) is 9.21. The predicted molar refractivity (Wildman–Crippen MR) is 122 cm³/mol. The lowest BCUT2D eigenvalue weighted by atomic mass is 10.1. The zero-order valence-corrected chi connectivity index (χ0v) is 18.9. The second kappa shape index (κ2) is 9.09. The summed E-state index contributed by atoms with van der Waals surface area (Å²) >= 11 is 13.3. The predicted octanol–water partition coefficient (Wildman–Crippen LogP) is 4.50. The number of nitrogens with one attached hydrogen (secondary N) is 1. The zero-order valence-electron chi connectivity index (χ0n) is 16.6. The average Bonchev–Trinajstić information content (AvgIpc) is 3.40. The van der Waals surface area contributed by atoms with Crippen molar-refractivity contribution < 1.29 is 4.79 Å². The Labute approximate surface area is 192 Å². The number of halogens is 2. The van der Waals surface area contributed by atoms with Crippen LogP contribution in [0.3, 0.4) is 0 Å². The minimum Gasteiger partial charge on any atom is -0.310 e. The largest absolute Gasteiger partial charge is 0.310 e.